The van der Waals surface area contributed by atoms with Gasteiger partial charge < -0.3 is 0 Å². The number of aryl methyl sites for hydroxylation is 2. The minimum atomic E-state index is 0.892. The fourth-order valence-electron chi connectivity index (χ4n) is 1.18. The summed E-state index contributed by atoms with van der Waals surface area (Å²) in [6.07, 6.45) is 1.87. The van der Waals surface area contributed by atoms with Crippen LogP contribution in [0.3, 0.4) is 0 Å². The summed E-state index contributed by atoms with van der Waals surface area (Å²) in [4.78, 5) is 8.71. The van der Waals surface area contributed by atoms with Crippen molar-refractivity contribution in [3.05, 3.63) is 21.7 Å². The SMILES string of the molecule is CCc1nc(C)c(CC)c(Br)n1. The standard InChI is InChI=1S/C9H13BrN2/c1-4-7-6(3)11-8(5-2)12-9(7)10/h4-5H2,1-3H3. The fourth-order valence-corrected chi connectivity index (χ4v) is 1.95. The summed E-state index contributed by atoms with van der Waals surface area (Å²) in [5.41, 5.74) is 2.31. The van der Waals surface area contributed by atoms with E-state index >= 15 is 0 Å². The Labute approximate surface area is 81.6 Å². The first kappa shape index (κ1) is 9.65. The molecule has 1 heterocycles. The minimum Gasteiger partial charge on any atom is -0.238 e. The third kappa shape index (κ3) is 1.83. The Morgan fingerprint density at radius 2 is 1.83 bits per heavy atom. The zero-order valence-electron chi connectivity index (χ0n) is 7.69. The zero-order valence-corrected chi connectivity index (χ0v) is 9.27. The lowest BCUT2D eigenvalue weighted by Gasteiger charge is -2.05. The molecular formula is C9H13BrN2. The molecule has 0 saturated heterocycles. The minimum absolute atomic E-state index is 0.892. The molecule has 0 atom stereocenters. The van der Waals surface area contributed by atoms with Crippen LogP contribution in [0.25, 0.3) is 0 Å². The van der Waals surface area contributed by atoms with Gasteiger partial charge in [0.25, 0.3) is 0 Å². The molecule has 0 aliphatic carbocycles. The van der Waals surface area contributed by atoms with Crippen molar-refractivity contribution < 1.29 is 0 Å². The first-order valence-corrected chi connectivity index (χ1v) is 5.00. The first-order chi connectivity index (χ1) is 5.69. The van der Waals surface area contributed by atoms with Gasteiger partial charge in [-0.3, -0.25) is 0 Å². The van der Waals surface area contributed by atoms with Crippen molar-refractivity contribution in [2.45, 2.75) is 33.6 Å². The summed E-state index contributed by atoms with van der Waals surface area (Å²) in [5.74, 6) is 0.913. The van der Waals surface area contributed by atoms with Crippen molar-refractivity contribution in [1.29, 1.82) is 0 Å². The molecule has 1 rings (SSSR count). The smallest absolute Gasteiger partial charge is 0.129 e. The Bertz CT molecular complexity index is 261. The molecule has 0 amide bonds. The molecule has 0 saturated carbocycles. The van der Waals surface area contributed by atoms with Gasteiger partial charge in [0, 0.05) is 17.7 Å². The number of rotatable bonds is 2. The van der Waals surface area contributed by atoms with Gasteiger partial charge in [0.05, 0.1) is 0 Å². The van der Waals surface area contributed by atoms with E-state index in [1.54, 1.807) is 0 Å². The molecule has 0 N–H and O–H groups in total. The first-order valence-electron chi connectivity index (χ1n) is 4.20. The predicted molar refractivity (Wildman–Crippen MR) is 53.2 cm³/mol. The van der Waals surface area contributed by atoms with E-state index in [9.17, 15) is 0 Å². The normalized spacial score (nSPS) is 10.3. The highest BCUT2D eigenvalue weighted by Gasteiger charge is 2.05. The molecule has 0 aromatic carbocycles. The molecule has 2 nitrogen and oxygen atoms in total. The lowest BCUT2D eigenvalue weighted by atomic mass is 10.2. The highest BCUT2D eigenvalue weighted by atomic mass is 79.9. The number of halogens is 1. The third-order valence-electron chi connectivity index (χ3n) is 1.88. The van der Waals surface area contributed by atoms with E-state index < -0.39 is 0 Å². The van der Waals surface area contributed by atoms with Crippen LogP contribution in [0.4, 0.5) is 0 Å². The van der Waals surface area contributed by atoms with Gasteiger partial charge in [-0.1, -0.05) is 13.8 Å². The van der Waals surface area contributed by atoms with Crippen molar-refractivity contribution in [3.63, 3.8) is 0 Å². The van der Waals surface area contributed by atoms with Gasteiger partial charge in [-0.05, 0) is 29.3 Å². The van der Waals surface area contributed by atoms with Gasteiger partial charge in [-0.2, -0.15) is 0 Å². The van der Waals surface area contributed by atoms with Crippen molar-refractivity contribution >= 4 is 15.9 Å². The zero-order chi connectivity index (χ0) is 9.14. The topological polar surface area (TPSA) is 25.8 Å². The Hall–Kier alpha value is -0.440. The quantitative estimate of drug-likeness (QED) is 0.728. The molecule has 0 aliphatic heterocycles. The van der Waals surface area contributed by atoms with Crippen LogP contribution < -0.4 is 0 Å². The number of hydrogen-bond donors (Lipinski definition) is 0. The Morgan fingerprint density at radius 3 is 2.25 bits per heavy atom. The van der Waals surface area contributed by atoms with Crippen LogP contribution in [0.5, 0.6) is 0 Å². The molecule has 0 spiro atoms. The van der Waals surface area contributed by atoms with Crippen LogP contribution in [-0.4, -0.2) is 9.97 Å². The molecule has 0 unspecified atom stereocenters. The summed E-state index contributed by atoms with van der Waals surface area (Å²) in [5, 5.41) is 0. The van der Waals surface area contributed by atoms with Crippen LogP contribution in [-0.2, 0) is 12.8 Å². The maximum absolute atomic E-state index is 4.38. The molecule has 1 aromatic rings. The van der Waals surface area contributed by atoms with Gasteiger partial charge in [0.15, 0.2) is 0 Å². The van der Waals surface area contributed by atoms with E-state index in [1.165, 1.54) is 5.56 Å². The third-order valence-corrected chi connectivity index (χ3v) is 2.54. The second-order valence-corrected chi connectivity index (χ2v) is 3.45. The second-order valence-electron chi connectivity index (χ2n) is 2.70. The van der Waals surface area contributed by atoms with Gasteiger partial charge in [-0.15, -0.1) is 0 Å². The van der Waals surface area contributed by atoms with E-state index in [4.69, 9.17) is 0 Å². The van der Waals surface area contributed by atoms with Gasteiger partial charge in [0.2, 0.25) is 0 Å². The number of aromatic nitrogens is 2. The summed E-state index contributed by atoms with van der Waals surface area (Å²) in [7, 11) is 0. The van der Waals surface area contributed by atoms with Crippen LogP contribution in [0.2, 0.25) is 0 Å². The second kappa shape index (κ2) is 3.99. The van der Waals surface area contributed by atoms with E-state index in [1.807, 2.05) is 6.92 Å². The number of nitrogens with zero attached hydrogens (tertiary/aromatic N) is 2. The van der Waals surface area contributed by atoms with E-state index in [0.29, 0.717) is 0 Å². The lowest BCUT2D eigenvalue weighted by Crippen LogP contribution is -2.01. The maximum Gasteiger partial charge on any atom is 0.129 e. The van der Waals surface area contributed by atoms with Crippen molar-refractivity contribution in [2.75, 3.05) is 0 Å². The Balaban J connectivity index is 3.18. The van der Waals surface area contributed by atoms with Crippen LogP contribution in [0.1, 0.15) is 30.9 Å². The summed E-state index contributed by atoms with van der Waals surface area (Å²) < 4.78 is 0.953. The molecule has 0 radical (unpaired) electrons. The Morgan fingerprint density at radius 1 is 1.17 bits per heavy atom. The van der Waals surface area contributed by atoms with Crippen molar-refractivity contribution in [1.82, 2.24) is 9.97 Å². The molecule has 66 valence electrons. The van der Waals surface area contributed by atoms with Crippen molar-refractivity contribution in [2.24, 2.45) is 0 Å². The molecule has 12 heavy (non-hydrogen) atoms. The van der Waals surface area contributed by atoms with Crippen molar-refractivity contribution in [3.8, 4) is 0 Å². The van der Waals surface area contributed by atoms with Crippen LogP contribution >= 0.6 is 15.9 Å². The lowest BCUT2D eigenvalue weighted by molar-refractivity contribution is 0.872. The average molecular weight is 229 g/mol. The Kier molecular flexibility index (Phi) is 3.20. The highest BCUT2D eigenvalue weighted by Crippen LogP contribution is 2.17. The molecular weight excluding hydrogens is 216 g/mol. The summed E-state index contributed by atoms with van der Waals surface area (Å²) >= 11 is 3.45. The maximum atomic E-state index is 4.38. The largest absolute Gasteiger partial charge is 0.238 e. The van der Waals surface area contributed by atoms with Crippen LogP contribution in [0, 0.1) is 6.92 Å². The monoisotopic (exact) mass is 228 g/mol. The summed E-state index contributed by atoms with van der Waals surface area (Å²) in [6, 6.07) is 0. The van der Waals surface area contributed by atoms with E-state index in [2.05, 4.69) is 39.7 Å². The highest BCUT2D eigenvalue weighted by molar-refractivity contribution is 9.10. The van der Waals surface area contributed by atoms with Gasteiger partial charge in [-0.25, -0.2) is 9.97 Å². The molecule has 0 aliphatic rings. The molecule has 0 bridgehead atoms. The van der Waals surface area contributed by atoms with Crippen LogP contribution in [0.15, 0.2) is 4.60 Å². The molecule has 0 fully saturated rings. The summed E-state index contributed by atoms with van der Waals surface area (Å²) in [6.45, 7) is 6.21. The van der Waals surface area contributed by atoms with E-state index in [-0.39, 0.29) is 0 Å². The van der Waals surface area contributed by atoms with E-state index in [0.717, 1.165) is 29.0 Å². The number of hydrogen-bond acceptors (Lipinski definition) is 2. The molecule has 1 aromatic heterocycles. The van der Waals surface area contributed by atoms with Gasteiger partial charge >= 0.3 is 0 Å². The molecule has 3 heteroatoms. The fraction of sp³-hybridized carbons (Fsp3) is 0.556. The predicted octanol–water partition coefficient (Wildman–Crippen LogP) is 2.67. The van der Waals surface area contributed by atoms with Gasteiger partial charge in [0.1, 0.15) is 10.4 Å². The average Bonchev–Trinajstić information content (AvgIpc) is 2.03.